The summed E-state index contributed by atoms with van der Waals surface area (Å²) in [7, 11) is 0. The highest BCUT2D eigenvalue weighted by molar-refractivity contribution is 6.31. The number of rotatable bonds is 6. The average molecular weight is 394 g/mol. The normalized spacial score (nSPS) is 11.9. The number of hydrogen-bond acceptors (Lipinski definition) is 3. The number of carbonyl (C=O) groups excluding carboxylic acids is 2. The van der Waals surface area contributed by atoms with Gasteiger partial charge < -0.3 is 10.1 Å². The van der Waals surface area contributed by atoms with Gasteiger partial charge in [0.1, 0.15) is 0 Å². The van der Waals surface area contributed by atoms with Crippen LogP contribution < -0.4 is 5.32 Å². The predicted octanol–water partition coefficient (Wildman–Crippen LogP) is 5.22. The molecular formula is C20H21Cl2NO3. The second-order valence-corrected chi connectivity index (χ2v) is 7.26. The van der Waals surface area contributed by atoms with E-state index >= 15 is 0 Å². The van der Waals surface area contributed by atoms with Gasteiger partial charge in [-0.25, -0.2) is 0 Å². The van der Waals surface area contributed by atoms with E-state index in [1.807, 2.05) is 20.8 Å². The van der Waals surface area contributed by atoms with E-state index in [0.717, 1.165) is 11.1 Å². The number of amides is 1. The highest BCUT2D eigenvalue weighted by Crippen LogP contribution is 2.27. The average Bonchev–Trinajstić information content (AvgIpc) is 2.57. The van der Waals surface area contributed by atoms with Crippen LogP contribution in [0.15, 0.2) is 42.5 Å². The fraction of sp³-hybridized carbons (Fsp3) is 0.300. The number of esters is 1. The molecule has 0 saturated carbocycles. The van der Waals surface area contributed by atoms with Crippen LogP contribution in [0.2, 0.25) is 10.0 Å². The Balaban J connectivity index is 1.98. The van der Waals surface area contributed by atoms with Gasteiger partial charge in [-0.05, 0) is 54.3 Å². The Bertz CT molecular complexity index is 788. The van der Waals surface area contributed by atoms with Crippen molar-refractivity contribution in [2.75, 3.05) is 11.9 Å². The third-order valence-corrected chi connectivity index (χ3v) is 4.44. The van der Waals surface area contributed by atoms with Crippen molar-refractivity contribution in [3.8, 4) is 0 Å². The molecule has 0 bridgehead atoms. The zero-order valence-electron chi connectivity index (χ0n) is 14.9. The number of ether oxygens (including phenoxy) is 1. The molecule has 26 heavy (non-hydrogen) atoms. The van der Waals surface area contributed by atoms with E-state index in [-0.39, 0.29) is 12.5 Å². The maximum atomic E-state index is 12.5. The van der Waals surface area contributed by atoms with Gasteiger partial charge >= 0.3 is 5.97 Å². The number of nitrogens with one attached hydrogen (secondary N) is 1. The highest BCUT2D eigenvalue weighted by Gasteiger charge is 2.26. The van der Waals surface area contributed by atoms with Crippen LogP contribution in [0.1, 0.15) is 30.9 Å². The first-order chi connectivity index (χ1) is 12.3. The second-order valence-electron chi connectivity index (χ2n) is 6.39. The second kappa shape index (κ2) is 9.06. The van der Waals surface area contributed by atoms with E-state index in [9.17, 15) is 9.59 Å². The van der Waals surface area contributed by atoms with Crippen molar-refractivity contribution in [3.05, 3.63) is 63.6 Å². The van der Waals surface area contributed by atoms with Crippen molar-refractivity contribution in [2.24, 2.45) is 5.92 Å². The van der Waals surface area contributed by atoms with Crippen LogP contribution in [0, 0.1) is 12.8 Å². The van der Waals surface area contributed by atoms with Crippen molar-refractivity contribution >= 4 is 40.8 Å². The summed E-state index contributed by atoms with van der Waals surface area (Å²) in [5, 5.41) is 3.91. The quantitative estimate of drug-likeness (QED) is 0.684. The van der Waals surface area contributed by atoms with E-state index in [0.29, 0.717) is 15.7 Å². The predicted molar refractivity (Wildman–Crippen MR) is 105 cm³/mol. The van der Waals surface area contributed by atoms with Crippen LogP contribution in [0.25, 0.3) is 0 Å². The molecule has 138 valence electrons. The number of halogens is 2. The number of carbonyl (C=O) groups is 2. The summed E-state index contributed by atoms with van der Waals surface area (Å²) < 4.78 is 5.24. The van der Waals surface area contributed by atoms with Gasteiger partial charge in [0.25, 0.3) is 5.91 Å². The van der Waals surface area contributed by atoms with Gasteiger partial charge in [-0.1, -0.05) is 49.2 Å². The molecule has 0 radical (unpaired) electrons. The Hall–Kier alpha value is -2.04. The summed E-state index contributed by atoms with van der Waals surface area (Å²) in [6.45, 7) is 5.34. The van der Waals surface area contributed by atoms with Gasteiger partial charge in [0.15, 0.2) is 6.61 Å². The monoisotopic (exact) mass is 393 g/mol. The minimum atomic E-state index is -0.461. The Kier molecular flexibility index (Phi) is 7.06. The fourth-order valence-corrected chi connectivity index (χ4v) is 3.00. The third-order valence-electron chi connectivity index (χ3n) is 3.96. The molecule has 1 amide bonds. The molecule has 2 rings (SSSR count). The van der Waals surface area contributed by atoms with Crippen molar-refractivity contribution in [2.45, 2.75) is 26.7 Å². The maximum Gasteiger partial charge on any atom is 0.314 e. The number of aryl methyl sites for hydroxylation is 1. The third kappa shape index (κ3) is 5.48. The van der Waals surface area contributed by atoms with Gasteiger partial charge in [0.05, 0.1) is 5.92 Å². The first kappa shape index (κ1) is 20.3. The SMILES string of the molecule is Cc1cc(Cl)ccc1NC(=O)COC(=O)[C@H](c1ccc(Cl)cc1)C(C)C. The highest BCUT2D eigenvalue weighted by atomic mass is 35.5. The first-order valence-corrected chi connectivity index (χ1v) is 9.01. The lowest BCUT2D eigenvalue weighted by molar-refractivity contribution is -0.149. The molecule has 1 N–H and O–H groups in total. The first-order valence-electron chi connectivity index (χ1n) is 8.26. The van der Waals surface area contributed by atoms with E-state index in [1.54, 1.807) is 42.5 Å². The fourth-order valence-electron chi connectivity index (χ4n) is 2.64. The topological polar surface area (TPSA) is 55.4 Å². The lowest BCUT2D eigenvalue weighted by Crippen LogP contribution is -2.26. The summed E-state index contributed by atoms with van der Waals surface area (Å²) >= 11 is 11.8. The largest absolute Gasteiger partial charge is 0.455 e. The molecule has 1 atom stereocenters. The number of hydrogen-bond donors (Lipinski definition) is 1. The Morgan fingerprint density at radius 3 is 2.23 bits per heavy atom. The van der Waals surface area contributed by atoms with E-state index in [2.05, 4.69) is 5.32 Å². The molecule has 0 spiro atoms. The lowest BCUT2D eigenvalue weighted by Gasteiger charge is -2.20. The molecule has 0 aliphatic rings. The van der Waals surface area contributed by atoms with Gasteiger partial charge in [0, 0.05) is 15.7 Å². The van der Waals surface area contributed by atoms with Crippen LogP contribution in [-0.4, -0.2) is 18.5 Å². The zero-order chi connectivity index (χ0) is 19.3. The van der Waals surface area contributed by atoms with E-state index in [4.69, 9.17) is 27.9 Å². The van der Waals surface area contributed by atoms with Crippen molar-refractivity contribution < 1.29 is 14.3 Å². The molecule has 0 aliphatic carbocycles. The number of benzene rings is 2. The molecule has 4 nitrogen and oxygen atoms in total. The van der Waals surface area contributed by atoms with Crippen molar-refractivity contribution in [1.82, 2.24) is 0 Å². The van der Waals surface area contributed by atoms with Gasteiger partial charge in [-0.2, -0.15) is 0 Å². The van der Waals surface area contributed by atoms with Gasteiger partial charge in [-0.3, -0.25) is 9.59 Å². The summed E-state index contributed by atoms with van der Waals surface area (Å²) in [5.41, 5.74) is 2.27. The van der Waals surface area contributed by atoms with Crippen molar-refractivity contribution in [1.29, 1.82) is 0 Å². The smallest absolute Gasteiger partial charge is 0.314 e. The molecule has 0 aromatic heterocycles. The van der Waals surface area contributed by atoms with Crippen LogP contribution in [0.4, 0.5) is 5.69 Å². The standard InChI is InChI=1S/C20H21Cl2NO3/c1-12(2)19(14-4-6-15(21)7-5-14)20(25)26-11-18(24)23-17-9-8-16(22)10-13(17)3/h4-10,12,19H,11H2,1-3H3,(H,23,24)/t19-/m0/s1. The molecule has 2 aromatic carbocycles. The molecule has 2 aromatic rings. The van der Waals surface area contributed by atoms with Crippen LogP contribution >= 0.6 is 23.2 Å². The van der Waals surface area contributed by atoms with Crippen LogP contribution in [0.3, 0.4) is 0 Å². The molecule has 0 saturated heterocycles. The summed E-state index contributed by atoms with van der Waals surface area (Å²) in [4.78, 5) is 24.6. The Morgan fingerprint density at radius 1 is 1.04 bits per heavy atom. The molecule has 0 aliphatic heterocycles. The zero-order valence-corrected chi connectivity index (χ0v) is 16.4. The molecule has 0 unspecified atom stereocenters. The summed E-state index contributed by atoms with van der Waals surface area (Å²) in [5.74, 6) is -1.28. The molecule has 0 fully saturated rings. The number of anilines is 1. The molecule has 6 heteroatoms. The summed E-state index contributed by atoms with van der Waals surface area (Å²) in [6.07, 6.45) is 0. The lowest BCUT2D eigenvalue weighted by atomic mass is 9.88. The van der Waals surface area contributed by atoms with Crippen molar-refractivity contribution in [3.63, 3.8) is 0 Å². The Labute approximate surface area is 163 Å². The van der Waals surface area contributed by atoms with Crippen LogP contribution in [0.5, 0.6) is 0 Å². The van der Waals surface area contributed by atoms with Gasteiger partial charge in [-0.15, -0.1) is 0 Å². The minimum Gasteiger partial charge on any atom is -0.455 e. The van der Waals surface area contributed by atoms with E-state index < -0.39 is 17.8 Å². The summed E-state index contributed by atoms with van der Waals surface area (Å²) in [6, 6.07) is 12.2. The molecule has 0 heterocycles. The van der Waals surface area contributed by atoms with Crippen LogP contribution in [-0.2, 0) is 14.3 Å². The Morgan fingerprint density at radius 2 is 1.65 bits per heavy atom. The van der Waals surface area contributed by atoms with E-state index in [1.165, 1.54) is 0 Å². The molecular weight excluding hydrogens is 373 g/mol. The minimum absolute atomic E-state index is 0.0187. The van der Waals surface area contributed by atoms with Gasteiger partial charge in [0.2, 0.25) is 0 Å². The maximum absolute atomic E-state index is 12.5.